The fourth-order valence-corrected chi connectivity index (χ4v) is 3.46. The van der Waals surface area contributed by atoms with E-state index in [4.69, 9.17) is 9.47 Å². The summed E-state index contributed by atoms with van der Waals surface area (Å²) < 4.78 is 10.9. The third-order valence-corrected chi connectivity index (χ3v) is 5.41. The molecule has 6 heteroatoms. The third kappa shape index (κ3) is 8.79. The van der Waals surface area contributed by atoms with E-state index in [0.29, 0.717) is 44.9 Å². The highest BCUT2D eigenvalue weighted by molar-refractivity contribution is 5.87. The molecular formula is C27H38N2O4. The number of ether oxygens (including phenoxy) is 2. The smallest absolute Gasteiger partial charge is 0.242 e. The Morgan fingerprint density at radius 2 is 1.64 bits per heavy atom. The summed E-state index contributed by atoms with van der Waals surface area (Å²) in [4.78, 5) is 27.8. The van der Waals surface area contributed by atoms with Crippen molar-refractivity contribution >= 4 is 11.8 Å². The number of hydrogen-bond donors (Lipinski definition) is 1. The molecule has 33 heavy (non-hydrogen) atoms. The molecule has 180 valence electrons. The van der Waals surface area contributed by atoms with Crippen molar-refractivity contribution in [2.75, 3.05) is 20.3 Å². The van der Waals surface area contributed by atoms with Gasteiger partial charge in [-0.05, 0) is 55.5 Å². The van der Waals surface area contributed by atoms with Crippen molar-refractivity contribution in [1.82, 2.24) is 10.2 Å². The van der Waals surface area contributed by atoms with Crippen LogP contribution < -0.4 is 14.8 Å². The molecule has 0 aliphatic heterocycles. The molecule has 0 aliphatic carbocycles. The molecule has 0 saturated carbocycles. The molecule has 2 amide bonds. The summed E-state index contributed by atoms with van der Waals surface area (Å²) in [6.07, 6.45) is 1.44. The number of carbonyl (C=O) groups excluding carboxylic acids is 2. The number of benzene rings is 2. The molecule has 1 atom stereocenters. The molecular weight excluding hydrogens is 416 g/mol. The van der Waals surface area contributed by atoms with E-state index < -0.39 is 6.04 Å². The van der Waals surface area contributed by atoms with Crippen molar-refractivity contribution in [3.05, 3.63) is 59.7 Å². The number of nitrogens with zero attached hydrogens (tertiary/aromatic N) is 1. The van der Waals surface area contributed by atoms with Crippen molar-refractivity contribution in [1.29, 1.82) is 0 Å². The summed E-state index contributed by atoms with van der Waals surface area (Å²) in [7, 11) is 1.62. The monoisotopic (exact) mass is 454 g/mol. The van der Waals surface area contributed by atoms with Gasteiger partial charge in [-0.15, -0.1) is 0 Å². The Hall–Kier alpha value is -3.02. The quantitative estimate of drug-likeness (QED) is 0.444. The summed E-state index contributed by atoms with van der Waals surface area (Å²) in [6, 6.07) is 15.0. The maximum atomic E-state index is 13.2. The number of rotatable bonds is 13. The normalized spacial score (nSPS) is 11.7. The van der Waals surface area contributed by atoms with E-state index in [2.05, 4.69) is 19.2 Å². The van der Waals surface area contributed by atoms with Gasteiger partial charge in [0.25, 0.3) is 0 Å². The molecule has 2 rings (SSSR count). The van der Waals surface area contributed by atoms with Crippen LogP contribution in [0.5, 0.6) is 11.5 Å². The van der Waals surface area contributed by atoms with Gasteiger partial charge in [-0.1, -0.05) is 50.6 Å². The minimum atomic E-state index is -0.500. The molecule has 6 nitrogen and oxygen atoms in total. The molecule has 2 aromatic rings. The lowest BCUT2D eigenvalue weighted by atomic mass is 10.1. The predicted octanol–water partition coefficient (Wildman–Crippen LogP) is 4.74. The summed E-state index contributed by atoms with van der Waals surface area (Å²) in [5, 5.41) is 2.99. The minimum Gasteiger partial charge on any atom is -0.497 e. The average Bonchev–Trinajstić information content (AvgIpc) is 2.81. The summed E-state index contributed by atoms with van der Waals surface area (Å²) in [5.74, 6) is 1.72. The molecule has 0 heterocycles. The van der Waals surface area contributed by atoms with Gasteiger partial charge in [-0.25, -0.2) is 0 Å². The zero-order valence-electron chi connectivity index (χ0n) is 20.6. The van der Waals surface area contributed by atoms with Gasteiger partial charge in [0.1, 0.15) is 17.5 Å². The van der Waals surface area contributed by atoms with Crippen LogP contribution in [0.4, 0.5) is 0 Å². The highest BCUT2D eigenvalue weighted by Gasteiger charge is 2.28. The third-order valence-electron chi connectivity index (χ3n) is 5.41. The molecule has 0 aromatic heterocycles. The maximum Gasteiger partial charge on any atom is 0.242 e. The van der Waals surface area contributed by atoms with E-state index >= 15 is 0 Å². The molecule has 0 spiro atoms. The van der Waals surface area contributed by atoms with Gasteiger partial charge in [-0.3, -0.25) is 9.59 Å². The van der Waals surface area contributed by atoms with Gasteiger partial charge >= 0.3 is 0 Å². The standard InChI is InChI=1S/C27H38N2O4/c1-6-25(27(31)28-18-20(2)3)29(19-22-11-9-21(4)10-12-22)26(30)8-7-17-33-24-15-13-23(32-5)14-16-24/h9-16,20,25H,6-8,17-19H2,1-5H3,(H,28,31). The van der Waals surface area contributed by atoms with Crippen LogP contribution in [0, 0.1) is 12.8 Å². The molecule has 0 saturated heterocycles. The Balaban J connectivity index is 2.02. The van der Waals surface area contributed by atoms with Gasteiger partial charge in [0.05, 0.1) is 13.7 Å². The maximum absolute atomic E-state index is 13.2. The number of carbonyl (C=O) groups is 2. The van der Waals surface area contributed by atoms with Crippen LogP contribution in [-0.4, -0.2) is 43.0 Å². The van der Waals surface area contributed by atoms with Crippen LogP contribution in [0.15, 0.2) is 48.5 Å². The lowest BCUT2D eigenvalue weighted by molar-refractivity contribution is -0.141. The Labute approximate surface area is 198 Å². The number of aryl methyl sites for hydroxylation is 1. The Morgan fingerprint density at radius 3 is 2.21 bits per heavy atom. The molecule has 0 bridgehead atoms. The van der Waals surface area contributed by atoms with E-state index in [1.165, 1.54) is 0 Å². The lowest BCUT2D eigenvalue weighted by Gasteiger charge is -2.31. The predicted molar refractivity (Wildman–Crippen MR) is 131 cm³/mol. The largest absolute Gasteiger partial charge is 0.497 e. The molecule has 1 unspecified atom stereocenters. The van der Waals surface area contributed by atoms with E-state index in [-0.39, 0.29) is 11.8 Å². The summed E-state index contributed by atoms with van der Waals surface area (Å²) in [6.45, 7) is 9.51. The van der Waals surface area contributed by atoms with Crippen LogP contribution in [0.3, 0.4) is 0 Å². The molecule has 1 N–H and O–H groups in total. The highest BCUT2D eigenvalue weighted by atomic mass is 16.5. The van der Waals surface area contributed by atoms with Gasteiger partial charge in [0.2, 0.25) is 11.8 Å². The molecule has 0 radical (unpaired) electrons. The van der Waals surface area contributed by atoms with Gasteiger partial charge in [0, 0.05) is 19.5 Å². The first-order valence-electron chi connectivity index (χ1n) is 11.7. The number of amides is 2. The molecule has 2 aromatic carbocycles. The summed E-state index contributed by atoms with van der Waals surface area (Å²) >= 11 is 0. The van der Waals surface area contributed by atoms with Crippen molar-refractivity contribution < 1.29 is 19.1 Å². The SMILES string of the molecule is CCC(C(=O)NCC(C)C)N(Cc1ccc(C)cc1)C(=O)CCCOc1ccc(OC)cc1. The Morgan fingerprint density at radius 1 is 1.00 bits per heavy atom. The van der Waals surface area contributed by atoms with Gasteiger partial charge in [-0.2, -0.15) is 0 Å². The number of hydrogen-bond acceptors (Lipinski definition) is 4. The Bertz CT molecular complexity index is 863. The highest BCUT2D eigenvalue weighted by Crippen LogP contribution is 2.18. The zero-order chi connectivity index (χ0) is 24.2. The van der Waals surface area contributed by atoms with Crippen molar-refractivity contribution in [3.63, 3.8) is 0 Å². The molecule has 0 aliphatic rings. The van der Waals surface area contributed by atoms with Crippen LogP contribution in [0.25, 0.3) is 0 Å². The van der Waals surface area contributed by atoms with Crippen LogP contribution >= 0.6 is 0 Å². The number of methoxy groups -OCH3 is 1. The van der Waals surface area contributed by atoms with Crippen LogP contribution in [0.2, 0.25) is 0 Å². The van der Waals surface area contributed by atoms with Gasteiger partial charge < -0.3 is 19.7 Å². The molecule has 0 fully saturated rings. The minimum absolute atomic E-state index is 0.0412. The number of nitrogens with one attached hydrogen (secondary N) is 1. The van der Waals surface area contributed by atoms with Crippen molar-refractivity contribution in [2.24, 2.45) is 5.92 Å². The van der Waals surface area contributed by atoms with Gasteiger partial charge in [0.15, 0.2) is 0 Å². The second kappa shape index (κ2) is 13.5. The topological polar surface area (TPSA) is 67.9 Å². The lowest BCUT2D eigenvalue weighted by Crippen LogP contribution is -2.49. The van der Waals surface area contributed by atoms with Crippen LogP contribution in [0.1, 0.15) is 51.2 Å². The van der Waals surface area contributed by atoms with E-state index in [1.54, 1.807) is 12.0 Å². The van der Waals surface area contributed by atoms with E-state index in [0.717, 1.165) is 22.6 Å². The first-order valence-corrected chi connectivity index (χ1v) is 11.7. The van der Waals surface area contributed by atoms with E-state index in [1.807, 2.05) is 62.4 Å². The van der Waals surface area contributed by atoms with E-state index in [9.17, 15) is 9.59 Å². The van der Waals surface area contributed by atoms with Crippen molar-refractivity contribution in [2.45, 2.75) is 59.5 Å². The van der Waals surface area contributed by atoms with Crippen LogP contribution in [-0.2, 0) is 16.1 Å². The second-order valence-electron chi connectivity index (χ2n) is 8.70. The summed E-state index contributed by atoms with van der Waals surface area (Å²) in [5.41, 5.74) is 2.17. The average molecular weight is 455 g/mol. The fraction of sp³-hybridized carbons (Fsp3) is 0.481. The fourth-order valence-electron chi connectivity index (χ4n) is 3.46. The van der Waals surface area contributed by atoms with Crippen molar-refractivity contribution in [3.8, 4) is 11.5 Å². The first kappa shape index (κ1) is 26.2. The Kier molecular flexibility index (Phi) is 10.7. The zero-order valence-corrected chi connectivity index (χ0v) is 20.6. The first-order chi connectivity index (χ1) is 15.8. The second-order valence-corrected chi connectivity index (χ2v) is 8.70.